The standard InChI is InChI=1S/C17H21N3O3S/c1-11-9-24-16(19-11)12-4-2-6-20(8-12)17(21)14-15(23-10-18-14)13-5-3-7-22-13/h9-10,12-13H,2-8H2,1H3/t12-,13-/m1/s1. The van der Waals surface area contributed by atoms with Gasteiger partial charge in [-0.05, 0) is 32.6 Å². The summed E-state index contributed by atoms with van der Waals surface area (Å²) < 4.78 is 11.1. The summed E-state index contributed by atoms with van der Waals surface area (Å²) in [4.78, 5) is 23.6. The molecule has 4 heterocycles. The zero-order valence-corrected chi connectivity index (χ0v) is 14.6. The topological polar surface area (TPSA) is 68.5 Å². The van der Waals surface area contributed by atoms with E-state index in [0.717, 1.165) is 42.9 Å². The number of hydrogen-bond donors (Lipinski definition) is 0. The number of aromatic nitrogens is 2. The highest BCUT2D eigenvalue weighted by molar-refractivity contribution is 7.09. The van der Waals surface area contributed by atoms with Crippen molar-refractivity contribution in [1.29, 1.82) is 0 Å². The van der Waals surface area contributed by atoms with Gasteiger partial charge in [-0.25, -0.2) is 9.97 Å². The van der Waals surface area contributed by atoms with Crippen LogP contribution in [0, 0.1) is 6.92 Å². The number of rotatable bonds is 3. The van der Waals surface area contributed by atoms with Crippen molar-refractivity contribution in [2.24, 2.45) is 0 Å². The predicted molar refractivity (Wildman–Crippen MR) is 89.2 cm³/mol. The van der Waals surface area contributed by atoms with Crippen LogP contribution < -0.4 is 0 Å². The zero-order chi connectivity index (χ0) is 16.5. The van der Waals surface area contributed by atoms with Crippen molar-refractivity contribution < 1.29 is 13.9 Å². The second-order valence-corrected chi connectivity index (χ2v) is 7.37. The zero-order valence-electron chi connectivity index (χ0n) is 13.7. The van der Waals surface area contributed by atoms with Gasteiger partial charge in [0.1, 0.15) is 6.10 Å². The first-order valence-corrected chi connectivity index (χ1v) is 9.36. The third-order valence-corrected chi connectivity index (χ3v) is 5.84. The molecule has 24 heavy (non-hydrogen) atoms. The molecule has 4 rings (SSSR count). The van der Waals surface area contributed by atoms with Crippen LogP contribution in [-0.2, 0) is 4.74 Å². The van der Waals surface area contributed by atoms with Gasteiger partial charge < -0.3 is 14.1 Å². The molecule has 0 aromatic carbocycles. The third kappa shape index (κ3) is 2.98. The first-order chi connectivity index (χ1) is 11.7. The quantitative estimate of drug-likeness (QED) is 0.852. The highest BCUT2D eigenvalue weighted by Crippen LogP contribution is 2.33. The molecule has 0 saturated carbocycles. The molecule has 0 N–H and O–H groups in total. The summed E-state index contributed by atoms with van der Waals surface area (Å²) in [6.45, 7) is 4.18. The highest BCUT2D eigenvalue weighted by Gasteiger charge is 2.33. The van der Waals surface area contributed by atoms with Crippen molar-refractivity contribution in [3.05, 3.63) is 33.9 Å². The minimum absolute atomic E-state index is 0.0489. The monoisotopic (exact) mass is 347 g/mol. The molecule has 0 unspecified atom stereocenters. The van der Waals surface area contributed by atoms with Crippen LogP contribution in [-0.4, -0.2) is 40.5 Å². The number of ether oxygens (including phenoxy) is 1. The summed E-state index contributed by atoms with van der Waals surface area (Å²) in [6.07, 6.45) is 5.17. The van der Waals surface area contributed by atoms with E-state index in [0.29, 0.717) is 30.5 Å². The molecule has 2 aromatic rings. The first-order valence-electron chi connectivity index (χ1n) is 8.48. The number of hydrogen-bond acceptors (Lipinski definition) is 6. The van der Waals surface area contributed by atoms with Crippen LogP contribution >= 0.6 is 11.3 Å². The van der Waals surface area contributed by atoms with Crippen LogP contribution in [0.25, 0.3) is 0 Å². The summed E-state index contributed by atoms with van der Waals surface area (Å²) in [5.41, 5.74) is 1.47. The van der Waals surface area contributed by atoms with Crippen LogP contribution in [0.15, 0.2) is 16.2 Å². The fraction of sp³-hybridized carbons (Fsp3) is 0.588. The Balaban J connectivity index is 1.51. The van der Waals surface area contributed by atoms with Crippen molar-refractivity contribution in [3.8, 4) is 0 Å². The van der Waals surface area contributed by atoms with E-state index in [1.807, 2.05) is 11.8 Å². The van der Waals surface area contributed by atoms with E-state index in [1.54, 1.807) is 11.3 Å². The van der Waals surface area contributed by atoms with Crippen molar-refractivity contribution in [2.45, 2.75) is 44.6 Å². The average Bonchev–Trinajstić information content (AvgIpc) is 3.34. The maximum absolute atomic E-state index is 13.0. The second-order valence-electron chi connectivity index (χ2n) is 6.48. The van der Waals surface area contributed by atoms with Crippen LogP contribution in [0.4, 0.5) is 0 Å². The van der Waals surface area contributed by atoms with Gasteiger partial charge in [0.2, 0.25) is 0 Å². The van der Waals surface area contributed by atoms with Gasteiger partial charge in [-0.1, -0.05) is 0 Å². The molecule has 1 amide bonds. The number of likely N-dealkylation sites (tertiary alicyclic amines) is 1. The van der Waals surface area contributed by atoms with Gasteiger partial charge in [-0.2, -0.15) is 0 Å². The maximum Gasteiger partial charge on any atom is 0.276 e. The van der Waals surface area contributed by atoms with Gasteiger partial charge in [0.15, 0.2) is 17.8 Å². The molecule has 2 saturated heterocycles. The highest BCUT2D eigenvalue weighted by atomic mass is 32.1. The van der Waals surface area contributed by atoms with Gasteiger partial charge in [-0.3, -0.25) is 4.79 Å². The Bertz CT molecular complexity index is 720. The normalized spacial score (nSPS) is 24.5. The minimum atomic E-state index is -0.131. The Hall–Kier alpha value is -1.73. The van der Waals surface area contributed by atoms with E-state index in [4.69, 9.17) is 9.15 Å². The third-order valence-electron chi connectivity index (χ3n) is 4.71. The van der Waals surface area contributed by atoms with E-state index in [-0.39, 0.29) is 12.0 Å². The smallest absolute Gasteiger partial charge is 0.276 e. The van der Waals surface area contributed by atoms with Crippen LogP contribution in [0.2, 0.25) is 0 Å². The molecule has 0 radical (unpaired) electrons. The Labute approximate surface area is 144 Å². The lowest BCUT2D eigenvalue weighted by Gasteiger charge is -2.31. The van der Waals surface area contributed by atoms with E-state index in [9.17, 15) is 4.79 Å². The lowest BCUT2D eigenvalue weighted by Crippen LogP contribution is -2.39. The summed E-state index contributed by atoms with van der Waals surface area (Å²) in [6, 6.07) is 0. The van der Waals surface area contributed by atoms with Crippen molar-refractivity contribution in [3.63, 3.8) is 0 Å². The minimum Gasteiger partial charge on any atom is -0.445 e. The van der Waals surface area contributed by atoms with E-state index in [1.165, 1.54) is 6.39 Å². The van der Waals surface area contributed by atoms with Gasteiger partial charge in [0.05, 0.1) is 5.01 Å². The average molecular weight is 347 g/mol. The number of carbonyl (C=O) groups excluding carboxylic acids is 1. The molecule has 6 nitrogen and oxygen atoms in total. The molecule has 2 aliphatic heterocycles. The molecule has 7 heteroatoms. The predicted octanol–water partition coefficient (Wildman–Crippen LogP) is 3.31. The van der Waals surface area contributed by atoms with Gasteiger partial charge in [0.25, 0.3) is 5.91 Å². The number of carbonyl (C=O) groups is 1. The second kappa shape index (κ2) is 6.64. The lowest BCUT2D eigenvalue weighted by molar-refractivity contribution is 0.0671. The molecule has 0 bridgehead atoms. The molecule has 2 atom stereocenters. The van der Waals surface area contributed by atoms with E-state index < -0.39 is 0 Å². The summed E-state index contributed by atoms with van der Waals surface area (Å²) in [5.74, 6) is 0.858. The molecule has 0 aliphatic carbocycles. The number of aryl methyl sites for hydroxylation is 1. The molecule has 2 aromatic heterocycles. The van der Waals surface area contributed by atoms with Crippen LogP contribution in [0.5, 0.6) is 0 Å². The first kappa shape index (κ1) is 15.8. The van der Waals surface area contributed by atoms with Gasteiger partial charge >= 0.3 is 0 Å². The van der Waals surface area contributed by atoms with E-state index >= 15 is 0 Å². The number of thiazole rings is 1. The molecule has 0 spiro atoms. The number of nitrogens with zero attached hydrogens (tertiary/aromatic N) is 3. The summed E-state index contributed by atoms with van der Waals surface area (Å²) in [5, 5.41) is 3.20. The molecule has 2 aliphatic rings. The van der Waals surface area contributed by atoms with Crippen molar-refractivity contribution in [1.82, 2.24) is 14.9 Å². The summed E-state index contributed by atoms with van der Waals surface area (Å²) in [7, 11) is 0. The fourth-order valence-electron chi connectivity index (χ4n) is 3.50. The van der Waals surface area contributed by atoms with Crippen molar-refractivity contribution >= 4 is 17.2 Å². The Morgan fingerprint density at radius 2 is 2.29 bits per heavy atom. The molecule has 2 fully saturated rings. The maximum atomic E-state index is 13.0. The molecular formula is C17H21N3O3S. The van der Waals surface area contributed by atoms with Crippen LogP contribution in [0.3, 0.4) is 0 Å². The SMILES string of the molecule is Cc1csc([C@@H]2CCCN(C(=O)c3ncoc3[C@H]3CCCO3)C2)n1. The summed E-state index contributed by atoms with van der Waals surface area (Å²) >= 11 is 1.69. The van der Waals surface area contributed by atoms with Gasteiger partial charge in [0, 0.05) is 36.7 Å². The van der Waals surface area contributed by atoms with E-state index in [2.05, 4.69) is 15.3 Å². The number of piperidine rings is 1. The van der Waals surface area contributed by atoms with Crippen molar-refractivity contribution in [2.75, 3.05) is 19.7 Å². The molecule has 128 valence electrons. The Morgan fingerprint density at radius 3 is 3.04 bits per heavy atom. The van der Waals surface area contributed by atoms with Gasteiger partial charge in [-0.15, -0.1) is 11.3 Å². The Kier molecular flexibility index (Phi) is 4.37. The lowest BCUT2D eigenvalue weighted by atomic mass is 9.98. The number of oxazole rings is 1. The fourth-order valence-corrected chi connectivity index (χ4v) is 4.43. The van der Waals surface area contributed by atoms with Crippen LogP contribution in [0.1, 0.15) is 64.7 Å². The number of amides is 1. The Morgan fingerprint density at radius 1 is 1.38 bits per heavy atom. The molecular weight excluding hydrogens is 326 g/mol. The largest absolute Gasteiger partial charge is 0.445 e.